The fraction of sp³-hybridized carbons (Fsp3) is 0.867. The standard InChI is InChI=1S/C15H30N2O/c1-4-5-9-15(18)13-16(2)12-10-14-8-6-7-11-17(14)3/h4,14-15,18H,1,5-13H2,2-3H3. The molecular formula is C15H30N2O. The van der Waals surface area contributed by atoms with Crippen LogP contribution in [0.1, 0.15) is 38.5 Å². The van der Waals surface area contributed by atoms with Crippen molar-refractivity contribution in [3.8, 4) is 0 Å². The SMILES string of the molecule is C=CCCC(O)CN(C)CCC1CCCCN1C. The third-order valence-corrected chi connectivity index (χ3v) is 3.99. The molecule has 1 heterocycles. The summed E-state index contributed by atoms with van der Waals surface area (Å²) in [6.07, 6.45) is 8.68. The van der Waals surface area contributed by atoms with Crippen LogP contribution in [0.3, 0.4) is 0 Å². The summed E-state index contributed by atoms with van der Waals surface area (Å²) < 4.78 is 0. The number of rotatable bonds is 8. The van der Waals surface area contributed by atoms with Gasteiger partial charge in [0.25, 0.3) is 0 Å². The molecule has 18 heavy (non-hydrogen) atoms. The number of piperidine rings is 1. The lowest BCUT2D eigenvalue weighted by Crippen LogP contribution is -2.39. The van der Waals surface area contributed by atoms with E-state index in [0.717, 1.165) is 32.0 Å². The molecule has 1 aliphatic heterocycles. The Bertz CT molecular complexity index is 233. The molecule has 0 bridgehead atoms. The highest BCUT2D eigenvalue weighted by molar-refractivity contribution is 4.76. The summed E-state index contributed by atoms with van der Waals surface area (Å²) in [5.74, 6) is 0. The molecule has 0 aromatic carbocycles. The first-order valence-electron chi connectivity index (χ1n) is 7.31. The number of hydrogen-bond donors (Lipinski definition) is 1. The Labute approximate surface area is 112 Å². The minimum atomic E-state index is -0.211. The highest BCUT2D eigenvalue weighted by atomic mass is 16.3. The van der Waals surface area contributed by atoms with Gasteiger partial charge in [0.2, 0.25) is 0 Å². The first-order chi connectivity index (χ1) is 8.63. The zero-order valence-electron chi connectivity index (χ0n) is 12.1. The van der Waals surface area contributed by atoms with Gasteiger partial charge in [0, 0.05) is 12.6 Å². The number of likely N-dealkylation sites (N-methyl/N-ethyl adjacent to an activating group) is 1. The fourth-order valence-corrected chi connectivity index (χ4v) is 2.73. The molecule has 1 fully saturated rings. The van der Waals surface area contributed by atoms with Crippen LogP contribution >= 0.6 is 0 Å². The van der Waals surface area contributed by atoms with Crippen LogP contribution in [-0.4, -0.2) is 60.8 Å². The van der Waals surface area contributed by atoms with Gasteiger partial charge >= 0.3 is 0 Å². The normalized spacial score (nSPS) is 23.2. The van der Waals surface area contributed by atoms with Gasteiger partial charge in [-0.25, -0.2) is 0 Å². The number of aliphatic hydroxyl groups excluding tert-OH is 1. The van der Waals surface area contributed by atoms with Crippen molar-refractivity contribution in [3.63, 3.8) is 0 Å². The molecule has 3 nitrogen and oxygen atoms in total. The first kappa shape index (κ1) is 15.7. The van der Waals surface area contributed by atoms with Crippen molar-refractivity contribution >= 4 is 0 Å². The van der Waals surface area contributed by atoms with E-state index in [1.807, 2.05) is 6.08 Å². The summed E-state index contributed by atoms with van der Waals surface area (Å²) in [6.45, 7) is 6.80. The second kappa shape index (κ2) is 8.68. The van der Waals surface area contributed by atoms with Crippen LogP contribution < -0.4 is 0 Å². The van der Waals surface area contributed by atoms with E-state index in [1.54, 1.807) is 0 Å². The Balaban J connectivity index is 2.15. The maximum absolute atomic E-state index is 9.84. The summed E-state index contributed by atoms with van der Waals surface area (Å²) in [4.78, 5) is 4.75. The van der Waals surface area contributed by atoms with Crippen molar-refractivity contribution in [2.45, 2.75) is 50.7 Å². The van der Waals surface area contributed by atoms with E-state index in [9.17, 15) is 5.11 Å². The lowest BCUT2D eigenvalue weighted by Gasteiger charge is -2.33. The highest BCUT2D eigenvalue weighted by Gasteiger charge is 2.19. The van der Waals surface area contributed by atoms with Crippen LogP contribution in [0.2, 0.25) is 0 Å². The summed E-state index contributed by atoms with van der Waals surface area (Å²) in [5.41, 5.74) is 0. The maximum atomic E-state index is 9.84. The molecule has 0 saturated carbocycles. The van der Waals surface area contributed by atoms with Crippen LogP contribution in [0.15, 0.2) is 12.7 Å². The summed E-state index contributed by atoms with van der Waals surface area (Å²) in [6, 6.07) is 0.742. The van der Waals surface area contributed by atoms with Crippen LogP contribution in [0, 0.1) is 0 Å². The van der Waals surface area contributed by atoms with E-state index in [-0.39, 0.29) is 6.10 Å². The van der Waals surface area contributed by atoms with E-state index < -0.39 is 0 Å². The fourth-order valence-electron chi connectivity index (χ4n) is 2.73. The van der Waals surface area contributed by atoms with E-state index in [4.69, 9.17) is 0 Å². The molecule has 2 unspecified atom stereocenters. The number of nitrogens with zero attached hydrogens (tertiary/aromatic N) is 2. The van der Waals surface area contributed by atoms with Crippen LogP contribution in [0.4, 0.5) is 0 Å². The van der Waals surface area contributed by atoms with E-state index >= 15 is 0 Å². The molecule has 2 atom stereocenters. The quantitative estimate of drug-likeness (QED) is 0.672. The number of allylic oxidation sites excluding steroid dienone is 1. The number of aliphatic hydroxyl groups is 1. The van der Waals surface area contributed by atoms with Crippen LogP contribution in [0.25, 0.3) is 0 Å². The van der Waals surface area contributed by atoms with E-state index in [0.29, 0.717) is 0 Å². The van der Waals surface area contributed by atoms with Gasteiger partial charge in [-0.15, -0.1) is 6.58 Å². The molecule has 0 spiro atoms. The maximum Gasteiger partial charge on any atom is 0.0670 e. The molecule has 1 aliphatic rings. The summed E-state index contributed by atoms with van der Waals surface area (Å²) in [7, 11) is 4.35. The average Bonchev–Trinajstić information content (AvgIpc) is 2.35. The number of hydrogen-bond acceptors (Lipinski definition) is 3. The van der Waals surface area contributed by atoms with Gasteiger partial charge in [0.1, 0.15) is 0 Å². The van der Waals surface area contributed by atoms with Crippen LogP contribution in [-0.2, 0) is 0 Å². The second-order valence-corrected chi connectivity index (χ2v) is 5.70. The molecule has 0 aliphatic carbocycles. The molecule has 0 radical (unpaired) electrons. The van der Waals surface area contributed by atoms with Crippen molar-refractivity contribution in [1.29, 1.82) is 0 Å². The zero-order chi connectivity index (χ0) is 13.4. The van der Waals surface area contributed by atoms with Gasteiger partial charge in [-0.1, -0.05) is 12.5 Å². The van der Waals surface area contributed by atoms with Gasteiger partial charge in [-0.05, 0) is 59.3 Å². The Kier molecular flexibility index (Phi) is 7.56. The van der Waals surface area contributed by atoms with E-state index in [2.05, 4.69) is 30.5 Å². The molecule has 1 saturated heterocycles. The van der Waals surface area contributed by atoms with Gasteiger partial charge in [-0.3, -0.25) is 0 Å². The Morgan fingerprint density at radius 1 is 1.50 bits per heavy atom. The second-order valence-electron chi connectivity index (χ2n) is 5.70. The zero-order valence-corrected chi connectivity index (χ0v) is 12.1. The third-order valence-electron chi connectivity index (χ3n) is 3.99. The summed E-state index contributed by atoms with van der Waals surface area (Å²) in [5, 5.41) is 9.84. The Morgan fingerprint density at radius 2 is 2.28 bits per heavy atom. The first-order valence-corrected chi connectivity index (χ1v) is 7.31. The summed E-state index contributed by atoms with van der Waals surface area (Å²) >= 11 is 0. The third kappa shape index (κ3) is 5.98. The highest BCUT2D eigenvalue weighted by Crippen LogP contribution is 2.17. The van der Waals surface area contributed by atoms with Crippen molar-refractivity contribution in [3.05, 3.63) is 12.7 Å². The van der Waals surface area contributed by atoms with Crippen molar-refractivity contribution in [1.82, 2.24) is 9.80 Å². The topological polar surface area (TPSA) is 26.7 Å². The predicted molar refractivity (Wildman–Crippen MR) is 77.8 cm³/mol. The average molecular weight is 254 g/mol. The molecule has 106 valence electrons. The van der Waals surface area contributed by atoms with Gasteiger partial charge in [-0.2, -0.15) is 0 Å². The van der Waals surface area contributed by atoms with Crippen LogP contribution in [0.5, 0.6) is 0 Å². The molecule has 0 aromatic rings. The molecule has 1 rings (SSSR count). The largest absolute Gasteiger partial charge is 0.392 e. The van der Waals surface area contributed by atoms with Gasteiger partial charge in [0.05, 0.1) is 6.10 Å². The van der Waals surface area contributed by atoms with Crippen molar-refractivity contribution in [2.24, 2.45) is 0 Å². The smallest absolute Gasteiger partial charge is 0.0670 e. The molecule has 3 heteroatoms. The van der Waals surface area contributed by atoms with Gasteiger partial charge in [0.15, 0.2) is 0 Å². The Morgan fingerprint density at radius 3 is 2.94 bits per heavy atom. The molecule has 1 N–H and O–H groups in total. The molecule has 0 aromatic heterocycles. The minimum absolute atomic E-state index is 0.211. The lowest BCUT2D eigenvalue weighted by atomic mass is 10.00. The lowest BCUT2D eigenvalue weighted by molar-refractivity contribution is 0.107. The van der Waals surface area contributed by atoms with E-state index in [1.165, 1.54) is 32.2 Å². The van der Waals surface area contributed by atoms with Gasteiger partial charge < -0.3 is 14.9 Å². The Hall–Kier alpha value is -0.380. The monoisotopic (exact) mass is 254 g/mol. The predicted octanol–water partition coefficient (Wildman–Crippen LogP) is 2.12. The molecule has 0 amide bonds. The van der Waals surface area contributed by atoms with Crippen molar-refractivity contribution in [2.75, 3.05) is 33.7 Å². The minimum Gasteiger partial charge on any atom is -0.392 e. The number of likely N-dealkylation sites (tertiary alicyclic amines) is 1. The molecular weight excluding hydrogens is 224 g/mol. The van der Waals surface area contributed by atoms with Crippen molar-refractivity contribution < 1.29 is 5.11 Å².